The molecule has 0 saturated heterocycles. The molecule has 0 aliphatic rings. The van der Waals surface area contributed by atoms with Crippen molar-refractivity contribution in [2.24, 2.45) is 0 Å². The Kier molecular flexibility index (Phi) is 6.15. The molecule has 0 radical (unpaired) electrons. The lowest BCUT2D eigenvalue weighted by atomic mass is 10.2. The fraction of sp³-hybridized carbons (Fsp3) is 0.278. The number of hydrogen-bond donors (Lipinski definition) is 1. The summed E-state index contributed by atoms with van der Waals surface area (Å²) in [5, 5.41) is 3.22. The molecular weight excluding hydrogens is 376 g/mol. The van der Waals surface area contributed by atoms with Gasteiger partial charge in [0.15, 0.2) is 0 Å². The number of methoxy groups -OCH3 is 1. The van der Waals surface area contributed by atoms with E-state index in [9.17, 15) is 13.2 Å². The van der Waals surface area contributed by atoms with Crippen molar-refractivity contribution in [3.8, 4) is 5.75 Å². The van der Waals surface area contributed by atoms with Gasteiger partial charge in [-0.3, -0.25) is 9.10 Å². The van der Waals surface area contributed by atoms with Gasteiger partial charge in [0.05, 0.1) is 19.1 Å². The molecule has 0 aliphatic heterocycles. The molecule has 2 aromatic rings. The number of rotatable bonds is 6. The minimum atomic E-state index is -3.69. The van der Waals surface area contributed by atoms with E-state index in [0.29, 0.717) is 22.1 Å². The molecule has 0 fully saturated rings. The van der Waals surface area contributed by atoms with E-state index in [4.69, 9.17) is 16.3 Å². The monoisotopic (exact) mass is 396 g/mol. The van der Waals surface area contributed by atoms with Crippen molar-refractivity contribution < 1.29 is 17.9 Å². The summed E-state index contributed by atoms with van der Waals surface area (Å²) in [5.74, 6) is 0.130. The van der Waals surface area contributed by atoms with Gasteiger partial charge in [0.2, 0.25) is 15.9 Å². The zero-order valence-electron chi connectivity index (χ0n) is 15.0. The lowest BCUT2D eigenvalue weighted by molar-refractivity contribution is -0.116. The van der Waals surface area contributed by atoms with Crippen LogP contribution in [0.2, 0.25) is 5.02 Å². The number of carbonyl (C=O) groups excluding carboxylic acids is 1. The molecule has 1 amide bonds. The summed E-state index contributed by atoms with van der Waals surface area (Å²) in [5.41, 5.74) is 1.74. The van der Waals surface area contributed by atoms with Gasteiger partial charge in [-0.2, -0.15) is 0 Å². The Labute approximate surface area is 158 Å². The molecule has 2 aromatic carbocycles. The second-order valence-corrected chi connectivity index (χ2v) is 8.18. The van der Waals surface area contributed by atoms with Crippen LogP contribution in [0.5, 0.6) is 5.75 Å². The predicted octanol–water partition coefficient (Wildman–Crippen LogP) is 3.45. The summed E-state index contributed by atoms with van der Waals surface area (Å²) in [6.45, 7) is 3.36. The zero-order chi connectivity index (χ0) is 19.5. The number of carbonyl (C=O) groups is 1. The molecule has 6 nitrogen and oxygen atoms in total. The highest BCUT2D eigenvalue weighted by molar-refractivity contribution is 7.92. The van der Waals surface area contributed by atoms with Crippen molar-refractivity contribution in [2.75, 3.05) is 23.0 Å². The molecule has 0 saturated carbocycles. The quantitative estimate of drug-likeness (QED) is 0.811. The first-order valence-corrected chi connectivity index (χ1v) is 10.1. The summed E-state index contributed by atoms with van der Waals surface area (Å²) in [4.78, 5) is 12.7. The molecule has 0 aliphatic carbocycles. The molecule has 0 spiro atoms. The van der Waals surface area contributed by atoms with Gasteiger partial charge < -0.3 is 10.1 Å². The number of ether oxygens (including phenoxy) is 1. The standard InChI is InChI=1S/C18H21ClN2O4S/c1-12-5-6-14(19)11-17(12)20-18(22)13(2)21(26(4,23)24)15-7-9-16(25-3)10-8-15/h5-11,13H,1-4H3,(H,20,22)/t13-/m0/s1. The second kappa shape index (κ2) is 7.97. The lowest BCUT2D eigenvalue weighted by Crippen LogP contribution is -2.45. The van der Waals surface area contributed by atoms with Gasteiger partial charge in [-0.05, 0) is 55.8 Å². The Morgan fingerprint density at radius 3 is 2.35 bits per heavy atom. The van der Waals surface area contributed by atoms with Gasteiger partial charge in [-0.15, -0.1) is 0 Å². The van der Waals surface area contributed by atoms with Crippen molar-refractivity contribution in [3.05, 3.63) is 53.1 Å². The van der Waals surface area contributed by atoms with E-state index in [1.165, 1.54) is 14.0 Å². The van der Waals surface area contributed by atoms with Gasteiger partial charge >= 0.3 is 0 Å². The van der Waals surface area contributed by atoms with Crippen LogP contribution in [0.3, 0.4) is 0 Å². The van der Waals surface area contributed by atoms with Crippen LogP contribution in [-0.4, -0.2) is 33.7 Å². The van der Waals surface area contributed by atoms with Gasteiger partial charge in [-0.1, -0.05) is 17.7 Å². The van der Waals surface area contributed by atoms with Crippen molar-refractivity contribution in [2.45, 2.75) is 19.9 Å². The van der Waals surface area contributed by atoms with E-state index in [-0.39, 0.29) is 0 Å². The third kappa shape index (κ3) is 4.68. The number of hydrogen-bond acceptors (Lipinski definition) is 4. The molecule has 1 N–H and O–H groups in total. The Hall–Kier alpha value is -2.25. The molecular formula is C18H21ClN2O4S. The number of anilines is 2. The molecule has 0 unspecified atom stereocenters. The molecule has 0 heterocycles. The second-order valence-electron chi connectivity index (χ2n) is 5.88. The Balaban J connectivity index is 2.32. The van der Waals surface area contributed by atoms with E-state index in [1.807, 2.05) is 6.92 Å². The summed E-state index contributed by atoms with van der Waals surface area (Å²) < 4.78 is 30.8. The number of amides is 1. The maximum absolute atomic E-state index is 12.7. The van der Waals surface area contributed by atoms with Crippen LogP contribution in [0.25, 0.3) is 0 Å². The minimum absolute atomic E-state index is 0.374. The Morgan fingerprint density at radius 2 is 1.81 bits per heavy atom. The van der Waals surface area contributed by atoms with Crippen LogP contribution >= 0.6 is 11.6 Å². The van der Waals surface area contributed by atoms with Gasteiger partial charge in [0, 0.05) is 10.7 Å². The first-order chi connectivity index (χ1) is 12.1. The Bertz CT molecular complexity index is 898. The normalized spacial score (nSPS) is 12.3. The number of nitrogens with zero attached hydrogens (tertiary/aromatic N) is 1. The summed E-state index contributed by atoms with van der Waals surface area (Å²) in [7, 11) is -2.17. The highest BCUT2D eigenvalue weighted by atomic mass is 35.5. The Morgan fingerprint density at radius 1 is 1.19 bits per heavy atom. The molecule has 1 atom stereocenters. The first kappa shape index (κ1) is 20.1. The predicted molar refractivity (Wildman–Crippen MR) is 105 cm³/mol. The molecule has 2 rings (SSSR count). The van der Waals surface area contributed by atoms with E-state index in [2.05, 4.69) is 5.32 Å². The fourth-order valence-electron chi connectivity index (χ4n) is 2.50. The largest absolute Gasteiger partial charge is 0.497 e. The van der Waals surface area contributed by atoms with Crippen LogP contribution in [0.15, 0.2) is 42.5 Å². The van der Waals surface area contributed by atoms with Crippen molar-refractivity contribution in [1.82, 2.24) is 0 Å². The summed E-state index contributed by atoms with van der Waals surface area (Å²) in [6.07, 6.45) is 1.06. The number of sulfonamides is 1. The van der Waals surface area contributed by atoms with E-state index < -0.39 is 22.0 Å². The summed E-state index contributed by atoms with van der Waals surface area (Å²) >= 11 is 5.97. The molecule has 140 valence electrons. The van der Waals surface area contributed by atoms with Crippen LogP contribution in [-0.2, 0) is 14.8 Å². The third-order valence-electron chi connectivity index (χ3n) is 3.87. The number of benzene rings is 2. The fourth-order valence-corrected chi connectivity index (χ4v) is 3.85. The first-order valence-electron chi connectivity index (χ1n) is 7.84. The maximum Gasteiger partial charge on any atom is 0.248 e. The minimum Gasteiger partial charge on any atom is -0.497 e. The highest BCUT2D eigenvalue weighted by Crippen LogP contribution is 2.25. The van der Waals surface area contributed by atoms with Crippen molar-refractivity contribution in [1.29, 1.82) is 0 Å². The zero-order valence-corrected chi connectivity index (χ0v) is 16.6. The molecule has 0 bridgehead atoms. The van der Waals surface area contributed by atoms with Gasteiger partial charge in [0.25, 0.3) is 0 Å². The molecule has 8 heteroatoms. The molecule has 0 aromatic heterocycles. The molecule has 26 heavy (non-hydrogen) atoms. The van der Waals surface area contributed by atoms with Gasteiger partial charge in [0.1, 0.15) is 11.8 Å². The van der Waals surface area contributed by atoms with Crippen LogP contribution < -0.4 is 14.4 Å². The van der Waals surface area contributed by atoms with Crippen LogP contribution in [0.4, 0.5) is 11.4 Å². The number of halogens is 1. The average molecular weight is 397 g/mol. The van der Waals surface area contributed by atoms with E-state index >= 15 is 0 Å². The van der Waals surface area contributed by atoms with Crippen LogP contribution in [0.1, 0.15) is 12.5 Å². The average Bonchev–Trinajstić information content (AvgIpc) is 2.57. The SMILES string of the molecule is COc1ccc(N([C@@H](C)C(=O)Nc2cc(Cl)ccc2C)S(C)(=O)=O)cc1. The van der Waals surface area contributed by atoms with E-state index in [0.717, 1.165) is 16.1 Å². The third-order valence-corrected chi connectivity index (χ3v) is 5.35. The summed E-state index contributed by atoms with van der Waals surface area (Å²) in [6, 6.07) is 10.6. The van der Waals surface area contributed by atoms with Crippen molar-refractivity contribution in [3.63, 3.8) is 0 Å². The lowest BCUT2D eigenvalue weighted by Gasteiger charge is -2.28. The highest BCUT2D eigenvalue weighted by Gasteiger charge is 2.29. The topological polar surface area (TPSA) is 75.7 Å². The number of nitrogens with one attached hydrogen (secondary N) is 1. The van der Waals surface area contributed by atoms with E-state index in [1.54, 1.807) is 42.5 Å². The smallest absolute Gasteiger partial charge is 0.248 e. The maximum atomic E-state index is 12.7. The van der Waals surface area contributed by atoms with Crippen molar-refractivity contribution >= 4 is 38.9 Å². The van der Waals surface area contributed by atoms with Gasteiger partial charge in [-0.25, -0.2) is 8.42 Å². The van der Waals surface area contributed by atoms with Crippen LogP contribution in [0, 0.1) is 6.92 Å². The number of aryl methyl sites for hydroxylation is 1.